The van der Waals surface area contributed by atoms with Gasteiger partial charge in [0.25, 0.3) is 5.91 Å². The number of hydrogen-bond donors (Lipinski definition) is 2. The fourth-order valence-electron chi connectivity index (χ4n) is 1.62. The maximum Gasteiger partial charge on any atom is 0.335 e. The molecule has 1 aromatic heterocycles. The number of thiophene rings is 1. The maximum absolute atomic E-state index is 12.1. The molecule has 4 nitrogen and oxygen atoms in total. The highest BCUT2D eigenvalue weighted by Gasteiger charge is 2.13. The molecule has 1 aromatic carbocycles. The summed E-state index contributed by atoms with van der Waals surface area (Å²) in [6.45, 7) is 3.90. The van der Waals surface area contributed by atoms with E-state index in [2.05, 4.69) is 21.2 Å². The summed E-state index contributed by atoms with van der Waals surface area (Å²) in [6, 6.07) is 6.33. The van der Waals surface area contributed by atoms with Gasteiger partial charge in [-0.3, -0.25) is 4.79 Å². The van der Waals surface area contributed by atoms with Gasteiger partial charge in [0.1, 0.15) is 0 Å². The Labute approximate surface area is 128 Å². The minimum Gasteiger partial charge on any atom is -0.478 e. The van der Waals surface area contributed by atoms with Crippen LogP contribution in [-0.2, 0) is 0 Å². The first kappa shape index (κ1) is 14.7. The van der Waals surface area contributed by atoms with E-state index in [1.807, 2.05) is 19.9 Å². The minimum atomic E-state index is -1.03. The van der Waals surface area contributed by atoms with Crippen molar-refractivity contribution in [3.63, 3.8) is 0 Å². The van der Waals surface area contributed by atoms with Crippen LogP contribution in [0.4, 0.5) is 5.69 Å². The van der Waals surface area contributed by atoms with Gasteiger partial charge in [-0.2, -0.15) is 0 Å². The molecule has 0 aliphatic heterocycles. The Kier molecular flexibility index (Phi) is 4.25. The Bertz CT molecular complexity index is 674. The Morgan fingerprint density at radius 2 is 1.95 bits per heavy atom. The number of aryl methyl sites for hydroxylation is 2. The second kappa shape index (κ2) is 5.76. The topological polar surface area (TPSA) is 66.4 Å². The molecule has 0 spiro atoms. The van der Waals surface area contributed by atoms with E-state index < -0.39 is 5.97 Å². The average Bonchev–Trinajstić information content (AvgIpc) is 2.72. The lowest BCUT2D eigenvalue weighted by atomic mass is 10.2. The van der Waals surface area contributed by atoms with Crippen molar-refractivity contribution in [2.75, 3.05) is 5.32 Å². The lowest BCUT2D eigenvalue weighted by molar-refractivity contribution is 0.0696. The summed E-state index contributed by atoms with van der Waals surface area (Å²) >= 11 is 4.71. The molecule has 2 aromatic rings. The Morgan fingerprint density at radius 1 is 1.25 bits per heavy atom. The zero-order valence-electron chi connectivity index (χ0n) is 10.9. The standard InChI is InChI=1S/C14H12BrNO3S/c1-7-5-12(20-8(7)2)13(17)16-11-6-9(14(18)19)3-4-10(11)15/h3-6H,1-2H3,(H,16,17)(H,18,19). The van der Waals surface area contributed by atoms with Gasteiger partial charge in [0.2, 0.25) is 0 Å². The predicted molar refractivity (Wildman–Crippen MR) is 82.8 cm³/mol. The van der Waals surface area contributed by atoms with Crippen LogP contribution in [0.3, 0.4) is 0 Å². The molecule has 20 heavy (non-hydrogen) atoms. The normalized spacial score (nSPS) is 10.3. The second-order valence-corrected chi connectivity index (χ2v) is 6.41. The van der Waals surface area contributed by atoms with Crippen LogP contribution in [0.15, 0.2) is 28.7 Å². The van der Waals surface area contributed by atoms with Gasteiger partial charge in [0, 0.05) is 9.35 Å². The van der Waals surface area contributed by atoms with Crippen molar-refractivity contribution in [1.82, 2.24) is 0 Å². The molecule has 1 heterocycles. The number of rotatable bonds is 3. The van der Waals surface area contributed by atoms with E-state index in [4.69, 9.17) is 5.11 Å². The Hall–Kier alpha value is -1.66. The van der Waals surface area contributed by atoms with Gasteiger partial charge in [-0.1, -0.05) is 0 Å². The summed E-state index contributed by atoms with van der Waals surface area (Å²) in [7, 11) is 0. The first-order chi connectivity index (χ1) is 9.38. The van der Waals surface area contributed by atoms with E-state index in [1.165, 1.54) is 23.5 Å². The van der Waals surface area contributed by atoms with E-state index >= 15 is 0 Å². The third-order valence-corrected chi connectivity index (χ3v) is 4.69. The van der Waals surface area contributed by atoms with Crippen LogP contribution in [0.1, 0.15) is 30.5 Å². The fraction of sp³-hybridized carbons (Fsp3) is 0.143. The molecule has 2 rings (SSSR count). The molecule has 0 bridgehead atoms. The van der Waals surface area contributed by atoms with Crippen LogP contribution in [-0.4, -0.2) is 17.0 Å². The van der Waals surface area contributed by atoms with Crippen molar-refractivity contribution in [1.29, 1.82) is 0 Å². The zero-order chi connectivity index (χ0) is 14.9. The van der Waals surface area contributed by atoms with Crippen LogP contribution in [0.2, 0.25) is 0 Å². The summed E-state index contributed by atoms with van der Waals surface area (Å²) in [4.78, 5) is 24.8. The minimum absolute atomic E-state index is 0.127. The second-order valence-electron chi connectivity index (χ2n) is 4.30. The lowest BCUT2D eigenvalue weighted by Crippen LogP contribution is -2.11. The van der Waals surface area contributed by atoms with Gasteiger partial charge in [-0.15, -0.1) is 11.3 Å². The van der Waals surface area contributed by atoms with E-state index in [0.29, 0.717) is 15.0 Å². The number of nitrogens with one attached hydrogen (secondary N) is 1. The summed E-state index contributed by atoms with van der Waals surface area (Å²) < 4.78 is 0.640. The van der Waals surface area contributed by atoms with Crippen molar-refractivity contribution >= 4 is 44.8 Å². The number of hydrogen-bond acceptors (Lipinski definition) is 3. The van der Waals surface area contributed by atoms with Crippen molar-refractivity contribution in [3.8, 4) is 0 Å². The molecule has 1 amide bonds. The molecule has 2 N–H and O–H groups in total. The van der Waals surface area contributed by atoms with Gasteiger partial charge in [-0.05, 0) is 59.6 Å². The largest absolute Gasteiger partial charge is 0.478 e. The van der Waals surface area contributed by atoms with Gasteiger partial charge in [-0.25, -0.2) is 4.79 Å². The summed E-state index contributed by atoms with van der Waals surface area (Å²) in [5.41, 5.74) is 1.64. The van der Waals surface area contributed by atoms with Crippen molar-refractivity contribution in [2.24, 2.45) is 0 Å². The van der Waals surface area contributed by atoms with Crippen molar-refractivity contribution in [2.45, 2.75) is 13.8 Å². The molecule has 0 aliphatic carbocycles. The van der Waals surface area contributed by atoms with Crippen LogP contribution in [0, 0.1) is 13.8 Å². The fourth-order valence-corrected chi connectivity index (χ4v) is 2.90. The molecule has 6 heteroatoms. The third-order valence-electron chi connectivity index (χ3n) is 2.85. The molecule has 0 fully saturated rings. The van der Waals surface area contributed by atoms with Crippen LogP contribution in [0.5, 0.6) is 0 Å². The highest BCUT2D eigenvalue weighted by molar-refractivity contribution is 9.10. The van der Waals surface area contributed by atoms with E-state index in [-0.39, 0.29) is 11.5 Å². The van der Waals surface area contributed by atoms with Crippen LogP contribution >= 0.6 is 27.3 Å². The Morgan fingerprint density at radius 3 is 2.50 bits per heavy atom. The number of benzene rings is 1. The van der Waals surface area contributed by atoms with Gasteiger partial charge < -0.3 is 10.4 Å². The maximum atomic E-state index is 12.1. The number of amides is 1. The quantitative estimate of drug-likeness (QED) is 0.873. The molecule has 0 saturated heterocycles. The number of anilines is 1. The van der Waals surface area contributed by atoms with Crippen LogP contribution in [0.25, 0.3) is 0 Å². The molecule has 0 unspecified atom stereocenters. The molecule has 0 aliphatic rings. The van der Waals surface area contributed by atoms with Crippen molar-refractivity contribution in [3.05, 3.63) is 49.6 Å². The van der Waals surface area contributed by atoms with Gasteiger partial charge in [0.15, 0.2) is 0 Å². The molecule has 0 atom stereocenters. The van der Waals surface area contributed by atoms with Crippen molar-refractivity contribution < 1.29 is 14.7 Å². The summed E-state index contributed by atoms with van der Waals surface area (Å²) in [5.74, 6) is -1.27. The monoisotopic (exact) mass is 353 g/mol. The first-order valence-corrected chi connectivity index (χ1v) is 7.40. The summed E-state index contributed by atoms with van der Waals surface area (Å²) in [6.07, 6.45) is 0. The van der Waals surface area contributed by atoms with Crippen LogP contribution < -0.4 is 5.32 Å². The number of halogens is 1. The molecular weight excluding hydrogens is 342 g/mol. The SMILES string of the molecule is Cc1cc(C(=O)Nc2cc(C(=O)O)ccc2Br)sc1C. The number of carboxylic acid groups (broad SMARTS) is 1. The van der Waals surface area contributed by atoms with Gasteiger partial charge >= 0.3 is 5.97 Å². The number of carbonyl (C=O) groups is 2. The highest BCUT2D eigenvalue weighted by atomic mass is 79.9. The lowest BCUT2D eigenvalue weighted by Gasteiger charge is -2.07. The number of carbonyl (C=O) groups excluding carboxylic acids is 1. The van der Waals surface area contributed by atoms with E-state index in [9.17, 15) is 9.59 Å². The van der Waals surface area contributed by atoms with Gasteiger partial charge in [0.05, 0.1) is 16.1 Å². The average molecular weight is 354 g/mol. The number of carboxylic acids is 1. The third kappa shape index (κ3) is 3.08. The first-order valence-electron chi connectivity index (χ1n) is 5.79. The summed E-state index contributed by atoms with van der Waals surface area (Å²) in [5, 5.41) is 11.7. The van der Waals surface area contributed by atoms with E-state index in [1.54, 1.807) is 6.07 Å². The molecule has 104 valence electrons. The molecular formula is C14H12BrNO3S. The Balaban J connectivity index is 2.27. The smallest absolute Gasteiger partial charge is 0.335 e. The molecule has 0 radical (unpaired) electrons. The molecule has 0 saturated carbocycles. The zero-order valence-corrected chi connectivity index (χ0v) is 13.3. The van der Waals surface area contributed by atoms with E-state index in [0.717, 1.165) is 10.4 Å². The predicted octanol–water partition coefficient (Wildman–Crippen LogP) is 4.08. The highest BCUT2D eigenvalue weighted by Crippen LogP contribution is 2.26. The number of aromatic carboxylic acids is 1.